The smallest absolute Gasteiger partial charge is 0.407 e. The number of alkyl carbamates (subject to hydrolysis) is 1. The van der Waals surface area contributed by atoms with E-state index in [1.165, 1.54) is 18.3 Å². The average molecular weight is 416 g/mol. The molecule has 0 saturated carbocycles. The van der Waals surface area contributed by atoms with Gasteiger partial charge < -0.3 is 24.6 Å². The number of ether oxygens (including phenoxy) is 3. The predicted octanol–water partition coefficient (Wildman–Crippen LogP) is 4.65. The van der Waals surface area contributed by atoms with E-state index in [1.807, 2.05) is 26.8 Å². The van der Waals surface area contributed by atoms with Crippen molar-refractivity contribution in [3.8, 4) is 17.4 Å². The zero-order valence-corrected chi connectivity index (χ0v) is 17.5. The average Bonchev–Trinajstić information content (AvgIpc) is 2.67. The van der Waals surface area contributed by atoms with Crippen LogP contribution in [0.5, 0.6) is 17.4 Å². The fraction of sp³-hybridized carbons (Fsp3) is 0.409. The molecule has 0 radical (unpaired) electrons. The van der Waals surface area contributed by atoms with Gasteiger partial charge in [-0.25, -0.2) is 14.6 Å². The summed E-state index contributed by atoms with van der Waals surface area (Å²) in [6.07, 6.45) is 3.50. The first-order chi connectivity index (χ1) is 14.3. The van der Waals surface area contributed by atoms with Gasteiger partial charge in [-0.3, -0.25) is 0 Å². The Morgan fingerprint density at radius 1 is 1.03 bits per heavy atom. The summed E-state index contributed by atoms with van der Waals surface area (Å²) in [5.41, 5.74) is -0.529. The SMILES string of the molecule is CC(C)(C)OC(=O)NCCCCCOc1ccccc1Oc1ncccc1C(=O)O. The molecule has 30 heavy (non-hydrogen) atoms. The van der Waals surface area contributed by atoms with Gasteiger partial charge >= 0.3 is 12.1 Å². The molecule has 0 aliphatic heterocycles. The number of carbonyl (C=O) groups is 2. The molecule has 1 aromatic heterocycles. The highest BCUT2D eigenvalue weighted by Crippen LogP contribution is 2.32. The summed E-state index contributed by atoms with van der Waals surface area (Å²) < 4.78 is 16.7. The van der Waals surface area contributed by atoms with Crippen molar-refractivity contribution in [2.24, 2.45) is 0 Å². The number of para-hydroxylation sites is 2. The predicted molar refractivity (Wildman–Crippen MR) is 111 cm³/mol. The van der Waals surface area contributed by atoms with Crippen LogP contribution in [0.3, 0.4) is 0 Å². The second-order valence-electron chi connectivity index (χ2n) is 7.55. The molecule has 1 amide bonds. The van der Waals surface area contributed by atoms with Crippen LogP contribution in [0.4, 0.5) is 4.79 Å². The quantitative estimate of drug-likeness (QED) is 0.543. The summed E-state index contributed by atoms with van der Waals surface area (Å²) in [7, 11) is 0. The topological polar surface area (TPSA) is 107 Å². The van der Waals surface area contributed by atoms with Gasteiger partial charge in [0.05, 0.1) is 6.61 Å². The Morgan fingerprint density at radius 3 is 2.47 bits per heavy atom. The fourth-order valence-electron chi connectivity index (χ4n) is 2.48. The fourth-order valence-corrected chi connectivity index (χ4v) is 2.48. The van der Waals surface area contributed by atoms with E-state index in [2.05, 4.69) is 10.3 Å². The number of nitrogens with zero attached hydrogens (tertiary/aromatic N) is 1. The lowest BCUT2D eigenvalue weighted by molar-refractivity contribution is 0.0526. The number of carbonyl (C=O) groups excluding carboxylic acids is 1. The van der Waals surface area contributed by atoms with Crippen molar-refractivity contribution in [2.75, 3.05) is 13.2 Å². The normalized spacial score (nSPS) is 10.9. The number of carboxylic acid groups (broad SMARTS) is 1. The van der Waals surface area contributed by atoms with Gasteiger partial charge in [0.25, 0.3) is 0 Å². The van der Waals surface area contributed by atoms with Crippen molar-refractivity contribution < 1.29 is 28.9 Å². The molecule has 2 aromatic rings. The molecule has 0 spiro atoms. The van der Waals surface area contributed by atoms with Gasteiger partial charge in [0, 0.05) is 12.7 Å². The molecule has 0 atom stereocenters. The lowest BCUT2D eigenvalue weighted by Gasteiger charge is -2.19. The van der Waals surface area contributed by atoms with Crippen molar-refractivity contribution in [1.82, 2.24) is 10.3 Å². The number of amides is 1. The molecule has 2 rings (SSSR count). The number of carboxylic acids is 1. The van der Waals surface area contributed by atoms with Crippen LogP contribution in [0.1, 0.15) is 50.4 Å². The molecule has 8 heteroatoms. The maximum absolute atomic E-state index is 11.6. The second kappa shape index (κ2) is 11.0. The van der Waals surface area contributed by atoms with Gasteiger partial charge in [-0.1, -0.05) is 12.1 Å². The summed E-state index contributed by atoms with van der Waals surface area (Å²) in [5.74, 6) is -0.206. The van der Waals surface area contributed by atoms with Gasteiger partial charge in [0.15, 0.2) is 11.5 Å². The van der Waals surface area contributed by atoms with Crippen LogP contribution in [0.25, 0.3) is 0 Å². The van der Waals surface area contributed by atoms with Gasteiger partial charge in [-0.05, 0) is 64.3 Å². The third-order valence-electron chi connectivity index (χ3n) is 3.80. The highest BCUT2D eigenvalue weighted by atomic mass is 16.6. The number of nitrogens with one attached hydrogen (secondary N) is 1. The Kier molecular flexibility index (Phi) is 8.46. The lowest BCUT2D eigenvalue weighted by Crippen LogP contribution is -2.33. The van der Waals surface area contributed by atoms with E-state index in [0.29, 0.717) is 24.7 Å². The first kappa shape index (κ1) is 23.0. The van der Waals surface area contributed by atoms with Crippen molar-refractivity contribution in [2.45, 2.75) is 45.6 Å². The molecule has 2 N–H and O–H groups in total. The Morgan fingerprint density at radius 2 is 1.77 bits per heavy atom. The zero-order chi connectivity index (χ0) is 22.0. The van der Waals surface area contributed by atoms with Crippen molar-refractivity contribution in [1.29, 1.82) is 0 Å². The number of aromatic nitrogens is 1. The van der Waals surface area contributed by atoms with E-state index in [0.717, 1.165) is 19.3 Å². The molecule has 0 fully saturated rings. The van der Waals surface area contributed by atoms with E-state index in [-0.39, 0.29) is 11.4 Å². The molecular formula is C22H28N2O6. The van der Waals surface area contributed by atoms with E-state index in [4.69, 9.17) is 14.2 Å². The largest absolute Gasteiger partial charge is 0.490 e. The van der Waals surface area contributed by atoms with Crippen LogP contribution in [0, 0.1) is 0 Å². The molecule has 0 bridgehead atoms. The first-order valence-corrected chi connectivity index (χ1v) is 9.81. The van der Waals surface area contributed by atoms with E-state index in [1.54, 1.807) is 18.2 Å². The molecule has 0 unspecified atom stereocenters. The maximum atomic E-state index is 11.6. The Labute approximate surface area is 176 Å². The second-order valence-corrected chi connectivity index (χ2v) is 7.55. The highest BCUT2D eigenvalue weighted by molar-refractivity contribution is 5.90. The minimum Gasteiger partial charge on any atom is -0.490 e. The summed E-state index contributed by atoms with van der Waals surface area (Å²) in [6, 6.07) is 10.00. The standard InChI is InChI=1S/C22H28N2O6/c1-22(2,3)30-21(27)24-13-7-4-8-15-28-17-11-5-6-12-18(17)29-19-16(20(25)26)10-9-14-23-19/h5-6,9-12,14H,4,7-8,13,15H2,1-3H3,(H,24,27)(H,25,26). The van der Waals surface area contributed by atoms with Crippen molar-refractivity contribution in [3.63, 3.8) is 0 Å². The van der Waals surface area contributed by atoms with Crippen LogP contribution in [0.15, 0.2) is 42.6 Å². The monoisotopic (exact) mass is 416 g/mol. The molecule has 0 aliphatic carbocycles. The molecule has 1 aromatic carbocycles. The number of benzene rings is 1. The van der Waals surface area contributed by atoms with Crippen LogP contribution >= 0.6 is 0 Å². The minimum atomic E-state index is -1.11. The van der Waals surface area contributed by atoms with Gasteiger partial charge in [0.1, 0.15) is 11.2 Å². The van der Waals surface area contributed by atoms with Gasteiger partial charge in [-0.2, -0.15) is 0 Å². The number of hydrogen-bond donors (Lipinski definition) is 2. The summed E-state index contributed by atoms with van der Waals surface area (Å²) in [6.45, 7) is 6.46. The Balaban J connectivity index is 1.77. The maximum Gasteiger partial charge on any atom is 0.407 e. The third kappa shape index (κ3) is 7.98. The zero-order valence-electron chi connectivity index (χ0n) is 17.5. The highest BCUT2D eigenvalue weighted by Gasteiger charge is 2.16. The molecule has 8 nitrogen and oxygen atoms in total. The lowest BCUT2D eigenvalue weighted by atomic mass is 10.2. The number of hydrogen-bond acceptors (Lipinski definition) is 6. The molecular weight excluding hydrogens is 388 g/mol. The third-order valence-corrected chi connectivity index (χ3v) is 3.80. The van der Waals surface area contributed by atoms with Crippen molar-refractivity contribution in [3.05, 3.63) is 48.2 Å². The minimum absolute atomic E-state index is 0.00858. The van der Waals surface area contributed by atoms with Crippen molar-refractivity contribution >= 4 is 12.1 Å². The summed E-state index contributed by atoms with van der Waals surface area (Å²) in [5, 5.41) is 12.0. The number of unbranched alkanes of at least 4 members (excludes halogenated alkanes) is 2. The van der Waals surface area contributed by atoms with E-state index >= 15 is 0 Å². The molecule has 0 aliphatic rings. The first-order valence-electron chi connectivity index (χ1n) is 9.81. The Bertz CT molecular complexity index is 848. The Hall–Kier alpha value is -3.29. The summed E-state index contributed by atoms with van der Waals surface area (Å²) in [4.78, 5) is 26.9. The molecule has 162 valence electrons. The van der Waals surface area contributed by atoms with E-state index in [9.17, 15) is 14.7 Å². The number of pyridine rings is 1. The van der Waals surface area contributed by atoms with Crippen LogP contribution in [-0.4, -0.2) is 40.9 Å². The molecule has 0 saturated heterocycles. The number of rotatable bonds is 10. The van der Waals surface area contributed by atoms with Crippen LogP contribution < -0.4 is 14.8 Å². The van der Waals surface area contributed by atoms with E-state index < -0.39 is 17.7 Å². The van der Waals surface area contributed by atoms with Gasteiger partial charge in [-0.15, -0.1) is 0 Å². The van der Waals surface area contributed by atoms with Crippen LogP contribution in [-0.2, 0) is 4.74 Å². The van der Waals surface area contributed by atoms with Gasteiger partial charge in [0.2, 0.25) is 5.88 Å². The number of aromatic carboxylic acids is 1. The van der Waals surface area contributed by atoms with Crippen LogP contribution in [0.2, 0.25) is 0 Å². The summed E-state index contributed by atoms with van der Waals surface area (Å²) >= 11 is 0. The molecule has 1 heterocycles.